The number of rotatable bonds is 8. The first-order valence-corrected chi connectivity index (χ1v) is 11.4. The fraction of sp³-hybridized carbons (Fsp3) is 0.231. The first-order valence-electron chi connectivity index (χ1n) is 11.4. The average molecular weight is 472 g/mol. The van der Waals surface area contributed by atoms with Crippen LogP contribution in [0.25, 0.3) is 5.69 Å². The number of aromatic nitrogens is 4. The van der Waals surface area contributed by atoms with E-state index in [1.165, 1.54) is 4.68 Å². The first-order chi connectivity index (χ1) is 16.8. The van der Waals surface area contributed by atoms with Crippen molar-refractivity contribution in [2.75, 3.05) is 11.2 Å². The van der Waals surface area contributed by atoms with Gasteiger partial charge < -0.3 is 16.5 Å². The zero-order chi connectivity index (χ0) is 24.9. The van der Waals surface area contributed by atoms with Gasteiger partial charge in [-0.25, -0.2) is 14.3 Å². The molecule has 1 aromatic carbocycles. The van der Waals surface area contributed by atoms with Gasteiger partial charge in [-0.15, -0.1) is 0 Å². The second kappa shape index (κ2) is 10.3. The Morgan fingerprint density at radius 2 is 1.77 bits per heavy atom. The fourth-order valence-electron chi connectivity index (χ4n) is 4.01. The van der Waals surface area contributed by atoms with Crippen molar-refractivity contribution in [3.63, 3.8) is 0 Å². The predicted molar refractivity (Wildman–Crippen MR) is 136 cm³/mol. The molecule has 0 radical (unpaired) electrons. The van der Waals surface area contributed by atoms with Crippen molar-refractivity contribution < 1.29 is 4.79 Å². The minimum absolute atomic E-state index is 0.0182. The largest absolute Gasteiger partial charge is 0.384 e. The maximum absolute atomic E-state index is 13.1. The second-order valence-corrected chi connectivity index (χ2v) is 8.44. The second-order valence-electron chi connectivity index (χ2n) is 8.44. The molecule has 0 aliphatic rings. The van der Waals surface area contributed by atoms with Gasteiger partial charge in [-0.2, -0.15) is 5.10 Å². The molecule has 180 valence electrons. The van der Waals surface area contributed by atoms with Crippen LogP contribution in [0.15, 0.2) is 65.7 Å². The van der Waals surface area contributed by atoms with Crippen molar-refractivity contribution in [2.24, 2.45) is 0 Å². The summed E-state index contributed by atoms with van der Waals surface area (Å²) in [5.41, 5.74) is 14.4. The molecule has 0 bridgehead atoms. The molecule has 3 aromatic heterocycles. The number of pyridine rings is 2. The van der Waals surface area contributed by atoms with Crippen LogP contribution in [-0.2, 0) is 24.3 Å². The number of aryl methyl sites for hydroxylation is 3. The van der Waals surface area contributed by atoms with Crippen molar-refractivity contribution >= 4 is 11.7 Å². The summed E-state index contributed by atoms with van der Waals surface area (Å²) in [5, 5.41) is 7.28. The topological polar surface area (TPSA) is 120 Å². The lowest BCUT2D eigenvalue weighted by atomic mass is 10.1. The van der Waals surface area contributed by atoms with Crippen molar-refractivity contribution in [1.29, 1.82) is 0 Å². The minimum Gasteiger partial charge on any atom is -0.384 e. The Hall–Kier alpha value is -4.40. The van der Waals surface area contributed by atoms with Crippen LogP contribution < -0.4 is 22.0 Å². The molecule has 0 fully saturated rings. The molecule has 0 saturated heterocycles. The van der Waals surface area contributed by atoms with Crippen LogP contribution >= 0.6 is 0 Å². The average Bonchev–Trinajstić information content (AvgIpc) is 3.30. The number of carbonyl (C=O) groups excluding carboxylic acids is 1. The van der Waals surface area contributed by atoms with Gasteiger partial charge in [-0.1, -0.05) is 18.2 Å². The summed E-state index contributed by atoms with van der Waals surface area (Å²) in [6.07, 6.45) is 3.38. The number of anilines is 1. The van der Waals surface area contributed by atoms with E-state index < -0.39 is 0 Å². The molecule has 35 heavy (non-hydrogen) atoms. The van der Waals surface area contributed by atoms with Crippen molar-refractivity contribution in [3.05, 3.63) is 105 Å². The highest BCUT2D eigenvalue weighted by molar-refractivity contribution is 5.78. The highest BCUT2D eigenvalue weighted by Gasteiger charge is 2.14. The van der Waals surface area contributed by atoms with Gasteiger partial charge in [0.25, 0.3) is 5.56 Å². The van der Waals surface area contributed by atoms with Crippen LogP contribution in [0.3, 0.4) is 0 Å². The third-order valence-corrected chi connectivity index (χ3v) is 5.95. The monoisotopic (exact) mass is 471 g/mol. The lowest BCUT2D eigenvalue weighted by Crippen LogP contribution is -2.34. The number of nitrogen functional groups attached to an aromatic ring is 1. The summed E-state index contributed by atoms with van der Waals surface area (Å²) in [5.74, 6) is 0.218. The van der Waals surface area contributed by atoms with Gasteiger partial charge >= 0.3 is 0 Å². The molecule has 4 aromatic rings. The van der Waals surface area contributed by atoms with Gasteiger partial charge in [0.15, 0.2) is 0 Å². The van der Waals surface area contributed by atoms with Gasteiger partial charge in [0.2, 0.25) is 5.91 Å². The van der Waals surface area contributed by atoms with E-state index in [0.717, 1.165) is 33.8 Å². The van der Waals surface area contributed by atoms with E-state index in [4.69, 9.17) is 5.73 Å². The molecular formula is C26H29N7O2. The van der Waals surface area contributed by atoms with E-state index in [1.54, 1.807) is 18.5 Å². The Balaban J connectivity index is 1.45. The van der Waals surface area contributed by atoms with E-state index in [-0.39, 0.29) is 17.9 Å². The molecule has 9 heteroatoms. The van der Waals surface area contributed by atoms with Crippen LogP contribution in [0.4, 0.5) is 5.82 Å². The third-order valence-electron chi connectivity index (χ3n) is 5.95. The molecule has 0 aliphatic carbocycles. The fourth-order valence-corrected chi connectivity index (χ4v) is 4.01. The molecule has 0 spiro atoms. The van der Waals surface area contributed by atoms with E-state index in [0.29, 0.717) is 24.5 Å². The number of nitrogens with zero attached hydrogens (tertiary/aromatic N) is 4. The van der Waals surface area contributed by atoms with Crippen molar-refractivity contribution in [3.8, 4) is 5.69 Å². The Kier molecular flexibility index (Phi) is 6.96. The first kappa shape index (κ1) is 23.7. The molecule has 0 aliphatic heterocycles. The molecule has 9 nitrogen and oxygen atoms in total. The number of hydrogen-bond donors (Lipinski definition) is 3. The number of carbonyl (C=O) groups is 1. The number of benzene rings is 1. The SMILES string of the molecule is Cc1cc(N)nc(C)c1CNC(=O)Cc1c(C)ccn(NCc2ccnn2-c2ccccc2)c1=O. The molecular weight excluding hydrogens is 442 g/mol. The van der Waals surface area contributed by atoms with Crippen molar-refractivity contribution in [1.82, 2.24) is 24.8 Å². The number of amides is 1. The van der Waals surface area contributed by atoms with E-state index in [2.05, 4.69) is 20.8 Å². The zero-order valence-corrected chi connectivity index (χ0v) is 20.1. The Morgan fingerprint density at radius 1 is 1.00 bits per heavy atom. The van der Waals surface area contributed by atoms with Crippen LogP contribution in [0.2, 0.25) is 0 Å². The Morgan fingerprint density at radius 3 is 2.51 bits per heavy atom. The summed E-state index contributed by atoms with van der Waals surface area (Å²) in [4.78, 5) is 30.1. The summed E-state index contributed by atoms with van der Waals surface area (Å²) >= 11 is 0. The Labute approximate surface area is 203 Å². The maximum atomic E-state index is 13.1. The molecule has 3 heterocycles. The van der Waals surface area contributed by atoms with Gasteiger partial charge in [0, 0.05) is 30.2 Å². The highest BCUT2D eigenvalue weighted by Crippen LogP contribution is 2.14. The van der Waals surface area contributed by atoms with Gasteiger partial charge in [0.05, 0.1) is 24.3 Å². The van der Waals surface area contributed by atoms with Crippen LogP contribution in [-0.4, -0.2) is 25.3 Å². The third kappa shape index (κ3) is 5.40. The predicted octanol–water partition coefficient (Wildman–Crippen LogP) is 2.54. The lowest BCUT2D eigenvalue weighted by molar-refractivity contribution is -0.120. The molecule has 1 amide bonds. The van der Waals surface area contributed by atoms with Crippen LogP contribution in [0, 0.1) is 20.8 Å². The normalized spacial score (nSPS) is 10.8. The maximum Gasteiger partial charge on any atom is 0.272 e. The van der Waals surface area contributed by atoms with E-state index in [9.17, 15) is 9.59 Å². The summed E-state index contributed by atoms with van der Waals surface area (Å²) in [6, 6.07) is 15.3. The van der Waals surface area contributed by atoms with E-state index >= 15 is 0 Å². The molecule has 4 rings (SSSR count). The summed E-state index contributed by atoms with van der Waals surface area (Å²) < 4.78 is 3.23. The quantitative estimate of drug-likeness (QED) is 0.363. The number of nitrogens with two attached hydrogens (primary N) is 1. The lowest BCUT2D eigenvalue weighted by Gasteiger charge is -2.15. The van der Waals surface area contributed by atoms with Gasteiger partial charge in [0.1, 0.15) is 5.82 Å². The van der Waals surface area contributed by atoms with Crippen LogP contribution in [0.1, 0.15) is 33.6 Å². The smallest absolute Gasteiger partial charge is 0.272 e. The number of para-hydroxylation sites is 1. The molecule has 4 N–H and O–H groups in total. The number of nitrogens with one attached hydrogen (secondary N) is 2. The molecule has 0 atom stereocenters. The van der Waals surface area contributed by atoms with Gasteiger partial charge in [-0.3, -0.25) is 9.59 Å². The summed E-state index contributed by atoms with van der Waals surface area (Å²) in [7, 11) is 0. The summed E-state index contributed by atoms with van der Waals surface area (Å²) in [6.45, 7) is 6.33. The zero-order valence-electron chi connectivity index (χ0n) is 20.1. The molecule has 0 saturated carbocycles. The minimum atomic E-state index is -0.257. The number of hydrogen-bond acceptors (Lipinski definition) is 6. The van der Waals surface area contributed by atoms with Crippen molar-refractivity contribution in [2.45, 2.75) is 40.3 Å². The Bertz CT molecular complexity index is 1380. The molecule has 0 unspecified atom stereocenters. The highest BCUT2D eigenvalue weighted by atomic mass is 16.2. The van der Waals surface area contributed by atoms with Crippen LogP contribution in [0.5, 0.6) is 0 Å². The van der Waals surface area contributed by atoms with Gasteiger partial charge in [-0.05, 0) is 67.8 Å². The van der Waals surface area contributed by atoms with E-state index in [1.807, 2.05) is 67.9 Å². The standard InChI is InChI=1S/C26H29N7O2/c1-17-10-12-32(30-15-21-9-11-29-33(21)20-7-5-4-6-8-20)26(35)22(17)14-25(34)28-16-23-18(2)13-24(27)31-19(23)3/h4-13,30H,14-16H2,1-3H3,(H2,27,31)(H,28,34).